The minimum atomic E-state index is 0.301. The van der Waals surface area contributed by atoms with E-state index in [0.29, 0.717) is 10.8 Å². The molecule has 0 spiro atoms. The maximum absolute atomic E-state index is 7.26. The van der Waals surface area contributed by atoms with Crippen molar-refractivity contribution in [3.63, 3.8) is 0 Å². The van der Waals surface area contributed by atoms with Crippen LogP contribution in [0.3, 0.4) is 0 Å². The molecule has 0 saturated heterocycles. The molecule has 1 aromatic heterocycles. The first kappa shape index (κ1) is 10.1. The van der Waals surface area contributed by atoms with Gasteiger partial charge in [-0.25, -0.2) is 4.98 Å². The molecule has 5 nitrogen and oxygen atoms in total. The Morgan fingerprint density at radius 2 is 2.17 bits per heavy atom. The van der Waals surface area contributed by atoms with Gasteiger partial charge in [0.2, 0.25) is 0 Å². The molecule has 0 aliphatic heterocycles. The fraction of sp³-hybridized carbons (Fsp3) is 0. The highest BCUT2D eigenvalue weighted by Crippen LogP contribution is 1.84. The highest BCUT2D eigenvalue weighted by Gasteiger charge is 1.92. The molecule has 0 aliphatic carbocycles. The monoisotopic (exact) mass is 179 g/mol. The van der Waals surface area contributed by atoms with Crippen LogP contribution < -0.4 is 5.73 Å². The molecule has 0 saturated carbocycles. The van der Waals surface area contributed by atoms with Crippen LogP contribution in [0.5, 0.6) is 0 Å². The molecule has 0 amide bonds. The van der Waals surface area contributed by atoms with Crippen molar-refractivity contribution < 1.29 is 0 Å². The Labute approximate surface area is 74.4 Å². The molecule has 0 aliphatic rings. The van der Waals surface area contributed by atoms with Crippen LogP contribution in [0.4, 0.5) is 0 Å². The third-order valence-electron chi connectivity index (χ3n) is 0.782. The number of thiocarbonyl (C=S) groups is 1. The summed E-state index contributed by atoms with van der Waals surface area (Å²) < 4.78 is 0. The van der Waals surface area contributed by atoms with E-state index in [1.165, 1.54) is 12.1 Å². The molecule has 6 heteroatoms. The topological polar surface area (TPSA) is 102 Å². The molecule has 0 aromatic carbocycles. The van der Waals surface area contributed by atoms with Crippen molar-refractivity contribution in [2.24, 2.45) is 5.73 Å². The summed E-state index contributed by atoms with van der Waals surface area (Å²) in [6.45, 7) is 0. The minimum Gasteiger partial charge on any atom is -0.387 e. The van der Waals surface area contributed by atoms with Crippen LogP contribution in [0.2, 0.25) is 0 Å². The predicted molar refractivity (Wildman–Crippen MR) is 45.7 cm³/mol. The molecule has 3 N–H and O–H groups in total. The van der Waals surface area contributed by atoms with Gasteiger partial charge in [0.15, 0.2) is 18.0 Å². The number of nitrogens with zero attached hydrogens (tertiary/aromatic N) is 3. The summed E-state index contributed by atoms with van der Waals surface area (Å²) in [7, 11) is 0. The van der Waals surface area contributed by atoms with E-state index in [1.807, 2.05) is 0 Å². The van der Waals surface area contributed by atoms with Gasteiger partial charge < -0.3 is 10.7 Å². The predicted octanol–water partition coefficient (Wildman–Crippen LogP) is 0.0775. The Kier molecular flexibility index (Phi) is 4.90. The van der Waals surface area contributed by atoms with E-state index in [0.717, 1.165) is 0 Å². The van der Waals surface area contributed by atoms with E-state index < -0.39 is 0 Å². The summed E-state index contributed by atoms with van der Waals surface area (Å²) in [5.74, 6) is 0.569. The second-order valence-corrected chi connectivity index (χ2v) is 1.97. The number of hydrogen-bond acceptors (Lipinski definition) is 4. The third-order valence-corrected chi connectivity index (χ3v) is 0.975. The number of nitrogens with two attached hydrogens (primary N) is 1. The van der Waals surface area contributed by atoms with E-state index in [1.54, 1.807) is 12.4 Å². The van der Waals surface area contributed by atoms with Gasteiger partial charge in [-0.15, -0.1) is 0 Å². The maximum Gasteiger partial charge on any atom is 0.181 e. The largest absolute Gasteiger partial charge is 0.387 e. The number of hydrogen-bond donors (Lipinski definition) is 2. The highest BCUT2D eigenvalue weighted by molar-refractivity contribution is 7.80. The number of H-pyrrole nitrogens is 1. The van der Waals surface area contributed by atoms with Crippen molar-refractivity contribution in [3.05, 3.63) is 18.2 Å². The van der Waals surface area contributed by atoms with Gasteiger partial charge in [-0.05, 0) is 0 Å². The molecular formula is C6H5N5S. The average molecular weight is 179 g/mol. The summed E-state index contributed by atoms with van der Waals surface area (Å²) in [6, 6.07) is 2.47. The van der Waals surface area contributed by atoms with Gasteiger partial charge in [-0.3, -0.25) is 0 Å². The van der Waals surface area contributed by atoms with Gasteiger partial charge in [-0.2, -0.15) is 10.5 Å². The second kappa shape index (κ2) is 5.83. The number of aromatic nitrogens is 2. The lowest BCUT2D eigenvalue weighted by Crippen LogP contribution is -2.10. The fourth-order valence-corrected chi connectivity index (χ4v) is 0.512. The Balaban J connectivity index is 0.000000261. The molecule has 0 fully saturated rings. The Hall–Kier alpha value is -1.92. The molecule has 12 heavy (non-hydrogen) atoms. The molecule has 1 rings (SSSR count). The van der Waals surface area contributed by atoms with Crippen molar-refractivity contribution >= 4 is 17.2 Å². The molecule has 1 aromatic rings. The SMILES string of the molecule is N#CC#N.NC(=S)c1ncc[nH]1. The number of rotatable bonds is 1. The van der Waals surface area contributed by atoms with Crippen LogP contribution >= 0.6 is 12.2 Å². The summed E-state index contributed by atoms with van der Waals surface area (Å²) in [6.07, 6.45) is 3.28. The number of nitrogens with one attached hydrogen (secondary N) is 1. The number of imidazole rings is 1. The molecule has 1 heterocycles. The lowest BCUT2D eigenvalue weighted by Gasteiger charge is -1.84. The van der Waals surface area contributed by atoms with E-state index in [-0.39, 0.29) is 0 Å². The minimum absolute atomic E-state index is 0.301. The summed E-state index contributed by atoms with van der Waals surface area (Å²) >= 11 is 4.60. The molecule has 0 atom stereocenters. The van der Waals surface area contributed by atoms with E-state index in [4.69, 9.17) is 16.3 Å². The van der Waals surface area contributed by atoms with E-state index >= 15 is 0 Å². The van der Waals surface area contributed by atoms with E-state index in [2.05, 4.69) is 22.2 Å². The van der Waals surface area contributed by atoms with Gasteiger partial charge in [0.25, 0.3) is 0 Å². The number of nitriles is 2. The molecule has 0 unspecified atom stereocenters. The van der Waals surface area contributed by atoms with Crippen LogP contribution in [0, 0.1) is 22.7 Å². The molecule has 0 bridgehead atoms. The Morgan fingerprint density at radius 3 is 2.33 bits per heavy atom. The van der Waals surface area contributed by atoms with Crippen LogP contribution in [-0.2, 0) is 0 Å². The quantitative estimate of drug-likeness (QED) is 0.594. The van der Waals surface area contributed by atoms with Gasteiger partial charge in [0.05, 0.1) is 0 Å². The highest BCUT2D eigenvalue weighted by atomic mass is 32.1. The second-order valence-electron chi connectivity index (χ2n) is 1.53. The van der Waals surface area contributed by atoms with Crippen molar-refractivity contribution in [2.75, 3.05) is 0 Å². The normalized spacial score (nSPS) is 6.83. The fourth-order valence-electron chi connectivity index (χ4n) is 0.400. The first-order valence-corrected chi connectivity index (χ1v) is 3.20. The van der Waals surface area contributed by atoms with Crippen molar-refractivity contribution in [1.29, 1.82) is 10.5 Å². The van der Waals surface area contributed by atoms with Crippen LogP contribution in [0.15, 0.2) is 12.4 Å². The lowest BCUT2D eigenvalue weighted by molar-refractivity contribution is 1.26. The number of aromatic amines is 1. The zero-order valence-electron chi connectivity index (χ0n) is 5.98. The van der Waals surface area contributed by atoms with Crippen LogP contribution in [0.1, 0.15) is 5.82 Å². The maximum atomic E-state index is 7.26. The third kappa shape index (κ3) is 3.99. The Bertz CT molecular complexity index is 303. The summed E-state index contributed by atoms with van der Waals surface area (Å²) in [5, 5.41) is 14.5. The first-order chi connectivity index (χ1) is 5.72. The van der Waals surface area contributed by atoms with Crippen LogP contribution in [0.25, 0.3) is 0 Å². The van der Waals surface area contributed by atoms with E-state index in [9.17, 15) is 0 Å². The van der Waals surface area contributed by atoms with Crippen molar-refractivity contribution in [1.82, 2.24) is 9.97 Å². The van der Waals surface area contributed by atoms with Gasteiger partial charge in [0.1, 0.15) is 4.99 Å². The Morgan fingerprint density at radius 1 is 1.58 bits per heavy atom. The van der Waals surface area contributed by atoms with Gasteiger partial charge in [-0.1, -0.05) is 12.2 Å². The van der Waals surface area contributed by atoms with Crippen LogP contribution in [-0.4, -0.2) is 15.0 Å². The smallest absolute Gasteiger partial charge is 0.181 e. The van der Waals surface area contributed by atoms with Gasteiger partial charge in [0, 0.05) is 12.4 Å². The van der Waals surface area contributed by atoms with Gasteiger partial charge >= 0.3 is 0 Å². The van der Waals surface area contributed by atoms with Crippen molar-refractivity contribution in [3.8, 4) is 12.1 Å². The summed E-state index contributed by atoms with van der Waals surface area (Å²) in [5.41, 5.74) is 5.20. The molecule has 0 radical (unpaired) electrons. The first-order valence-electron chi connectivity index (χ1n) is 2.79. The average Bonchev–Trinajstić information content (AvgIpc) is 2.57. The zero-order valence-corrected chi connectivity index (χ0v) is 6.80. The molecule has 60 valence electrons. The van der Waals surface area contributed by atoms with Crippen molar-refractivity contribution in [2.45, 2.75) is 0 Å². The zero-order chi connectivity index (χ0) is 9.40. The lowest BCUT2D eigenvalue weighted by atomic mass is 10.6. The molecular weight excluding hydrogens is 174 g/mol. The standard InChI is InChI=1S/C4H5N3S.C2N2/c5-3(8)4-6-1-2-7-4;3-1-2-4/h1-2H,(H2,5,8)(H,6,7);. The summed E-state index contributed by atoms with van der Waals surface area (Å²) in [4.78, 5) is 6.85.